The van der Waals surface area contributed by atoms with Crippen LogP contribution < -0.4 is 5.19 Å². The van der Waals surface area contributed by atoms with Crippen molar-refractivity contribution >= 4 is 25.9 Å². The predicted octanol–water partition coefficient (Wildman–Crippen LogP) is 6.27. The molecule has 3 rings (SSSR count). The summed E-state index contributed by atoms with van der Waals surface area (Å²) >= 11 is 0. The molecule has 2 aromatic rings. The van der Waals surface area contributed by atoms with Crippen LogP contribution >= 0.6 is 0 Å². The van der Waals surface area contributed by atoms with Crippen LogP contribution in [0.15, 0.2) is 65.9 Å². The van der Waals surface area contributed by atoms with Gasteiger partial charge in [0.25, 0.3) is 0 Å². The summed E-state index contributed by atoms with van der Waals surface area (Å²) in [5.74, 6) is 0. The minimum absolute atomic E-state index is 0.0274. The van der Waals surface area contributed by atoms with Gasteiger partial charge in [-0.2, -0.15) is 0 Å². The molecule has 0 spiro atoms. The fraction of sp³-hybridized carbons (Fsp3) is 0.462. The van der Waals surface area contributed by atoms with Crippen molar-refractivity contribution in [2.75, 3.05) is 0 Å². The zero-order valence-electron chi connectivity index (χ0n) is 20.2. The first-order valence-electron chi connectivity index (χ1n) is 11.0. The van der Waals surface area contributed by atoms with Gasteiger partial charge in [0.1, 0.15) is 8.07 Å². The molecule has 0 aliphatic carbocycles. The molecule has 1 saturated heterocycles. The van der Waals surface area contributed by atoms with Gasteiger partial charge in [0.2, 0.25) is 0 Å². The second-order valence-corrected chi connectivity index (χ2v) is 15.3. The molecule has 2 aromatic carbocycles. The van der Waals surface area contributed by atoms with Gasteiger partial charge in [-0.25, -0.2) is 0 Å². The maximum atomic E-state index is 6.63. The third kappa shape index (κ3) is 4.23. The van der Waals surface area contributed by atoms with Crippen LogP contribution in [0.1, 0.15) is 54.0 Å². The maximum Gasteiger partial charge on any atom is 0.495 e. The first-order chi connectivity index (χ1) is 13.8. The van der Waals surface area contributed by atoms with Gasteiger partial charge in [-0.15, -0.1) is 0 Å². The Kier molecular flexibility index (Phi) is 6.01. The highest BCUT2D eigenvalue weighted by Gasteiger charge is 2.54. The Balaban J connectivity index is 2.32. The molecule has 0 saturated carbocycles. The largest absolute Gasteiger partial charge is 0.495 e. The van der Waals surface area contributed by atoms with Gasteiger partial charge in [-0.3, -0.25) is 0 Å². The van der Waals surface area contributed by atoms with E-state index in [0.717, 1.165) is 0 Å². The number of hydrogen-bond acceptors (Lipinski definition) is 2. The molecule has 2 nitrogen and oxygen atoms in total. The molecule has 1 heterocycles. The van der Waals surface area contributed by atoms with Crippen molar-refractivity contribution in [3.8, 4) is 0 Å². The number of hydrogen-bond donors (Lipinski definition) is 0. The normalized spacial score (nSPS) is 19.6. The highest BCUT2D eigenvalue weighted by atomic mass is 28.3. The minimum atomic E-state index is -2.03. The molecule has 0 radical (unpaired) electrons. The van der Waals surface area contributed by atoms with E-state index in [2.05, 4.69) is 122 Å². The lowest BCUT2D eigenvalue weighted by molar-refractivity contribution is 0.00578. The summed E-state index contributed by atoms with van der Waals surface area (Å²) in [5, 5.41) is 2.91. The first-order valence-corrected chi connectivity index (χ1v) is 14.0. The van der Waals surface area contributed by atoms with Gasteiger partial charge < -0.3 is 9.31 Å². The van der Waals surface area contributed by atoms with Gasteiger partial charge in [0.05, 0.1) is 11.2 Å². The van der Waals surface area contributed by atoms with Gasteiger partial charge in [-0.1, -0.05) is 105 Å². The SMILES string of the molecule is CC(C)(C)/C(=C(\B1OC(C)(C)C(C)(C)O1)c1ccccc1)[Si](C)(C)c1ccccc1. The molecule has 1 aliphatic rings. The van der Waals surface area contributed by atoms with Crippen molar-refractivity contribution in [2.24, 2.45) is 5.41 Å². The van der Waals surface area contributed by atoms with E-state index < -0.39 is 8.07 Å². The van der Waals surface area contributed by atoms with Crippen LogP contribution in [0, 0.1) is 5.41 Å². The Morgan fingerprint density at radius 1 is 0.767 bits per heavy atom. The Hall–Kier alpha value is -1.62. The Bertz CT molecular complexity index is 893. The topological polar surface area (TPSA) is 18.5 Å². The summed E-state index contributed by atoms with van der Waals surface area (Å²) in [6, 6.07) is 21.7. The first kappa shape index (κ1) is 23.1. The van der Waals surface area contributed by atoms with Gasteiger partial charge in [0.15, 0.2) is 0 Å². The molecule has 0 atom stereocenters. The van der Waals surface area contributed by atoms with Crippen LogP contribution in [-0.4, -0.2) is 26.4 Å². The van der Waals surface area contributed by atoms with Crippen LogP contribution in [0.3, 0.4) is 0 Å². The van der Waals surface area contributed by atoms with E-state index in [1.807, 2.05) is 0 Å². The van der Waals surface area contributed by atoms with E-state index in [1.54, 1.807) is 0 Å². The highest BCUT2D eigenvalue weighted by molar-refractivity contribution is 6.98. The lowest BCUT2D eigenvalue weighted by atomic mass is 9.70. The molecule has 0 bridgehead atoms. The van der Waals surface area contributed by atoms with Gasteiger partial charge >= 0.3 is 7.12 Å². The molecule has 1 fully saturated rings. The summed E-state index contributed by atoms with van der Waals surface area (Å²) in [6.45, 7) is 20.4. The van der Waals surface area contributed by atoms with Crippen molar-refractivity contribution in [3.63, 3.8) is 0 Å². The molecule has 1 aliphatic heterocycles. The number of benzene rings is 2. The molecule has 0 aromatic heterocycles. The molecular formula is C26H37BO2Si. The fourth-order valence-electron chi connectivity index (χ4n) is 4.65. The second-order valence-electron chi connectivity index (χ2n) is 11.0. The molecular weight excluding hydrogens is 383 g/mol. The zero-order valence-corrected chi connectivity index (χ0v) is 21.2. The average molecular weight is 420 g/mol. The number of allylic oxidation sites excluding steroid dienone is 1. The standard InChI is InChI=1S/C26H37BO2Si/c1-24(2,3)23(30(8,9)21-18-14-11-15-19-21)22(20-16-12-10-13-17-20)27-28-25(4,5)26(6,7)29-27/h10-19H,1-9H3/b23-22+. The fourth-order valence-corrected chi connectivity index (χ4v) is 8.78. The molecule has 0 amide bonds. The molecule has 0 unspecified atom stereocenters. The van der Waals surface area contributed by atoms with Crippen molar-refractivity contribution in [1.82, 2.24) is 0 Å². The monoisotopic (exact) mass is 420 g/mol. The summed E-state index contributed by atoms with van der Waals surface area (Å²) in [4.78, 5) is 0. The van der Waals surface area contributed by atoms with Gasteiger partial charge in [-0.05, 0) is 44.1 Å². The Morgan fingerprint density at radius 2 is 1.20 bits per heavy atom. The molecule has 0 N–H and O–H groups in total. The van der Waals surface area contributed by atoms with Crippen LogP contribution in [-0.2, 0) is 9.31 Å². The molecule has 4 heteroatoms. The van der Waals surface area contributed by atoms with Crippen LogP contribution in [0.25, 0.3) is 5.47 Å². The third-order valence-corrected chi connectivity index (χ3v) is 10.8. The second kappa shape index (κ2) is 7.82. The smallest absolute Gasteiger partial charge is 0.399 e. The van der Waals surface area contributed by atoms with E-state index in [0.29, 0.717) is 0 Å². The van der Waals surface area contributed by atoms with Crippen LogP contribution in [0.2, 0.25) is 13.1 Å². The van der Waals surface area contributed by atoms with E-state index in [4.69, 9.17) is 9.31 Å². The summed E-state index contributed by atoms with van der Waals surface area (Å²) < 4.78 is 13.3. The van der Waals surface area contributed by atoms with E-state index in [1.165, 1.54) is 21.4 Å². The lowest BCUT2D eigenvalue weighted by Gasteiger charge is -2.39. The van der Waals surface area contributed by atoms with Crippen molar-refractivity contribution < 1.29 is 9.31 Å². The highest BCUT2D eigenvalue weighted by Crippen LogP contribution is 2.46. The van der Waals surface area contributed by atoms with Crippen molar-refractivity contribution in [2.45, 2.75) is 72.8 Å². The van der Waals surface area contributed by atoms with E-state index in [9.17, 15) is 0 Å². The zero-order chi connectivity index (χ0) is 22.4. The predicted molar refractivity (Wildman–Crippen MR) is 132 cm³/mol. The number of rotatable bonds is 4. The summed E-state index contributed by atoms with van der Waals surface area (Å²) in [5.41, 5.74) is 1.62. The van der Waals surface area contributed by atoms with E-state index in [-0.39, 0.29) is 23.7 Å². The average Bonchev–Trinajstić information content (AvgIpc) is 2.87. The Morgan fingerprint density at radius 3 is 1.63 bits per heavy atom. The van der Waals surface area contributed by atoms with E-state index >= 15 is 0 Å². The maximum absolute atomic E-state index is 6.63. The minimum Gasteiger partial charge on any atom is -0.399 e. The molecule has 30 heavy (non-hydrogen) atoms. The van der Waals surface area contributed by atoms with Crippen LogP contribution in [0.4, 0.5) is 0 Å². The summed E-state index contributed by atoms with van der Waals surface area (Å²) in [7, 11) is -2.42. The molecule has 160 valence electrons. The quantitative estimate of drug-likeness (QED) is 0.543. The van der Waals surface area contributed by atoms with Crippen molar-refractivity contribution in [3.05, 3.63) is 71.4 Å². The van der Waals surface area contributed by atoms with Crippen LogP contribution in [0.5, 0.6) is 0 Å². The van der Waals surface area contributed by atoms with Crippen molar-refractivity contribution in [1.29, 1.82) is 0 Å². The summed E-state index contributed by atoms with van der Waals surface area (Å²) in [6.07, 6.45) is 0. The lowest BCUT2D eigenvalue weighted by Crippen LogP contribution is -2.49. The third-order valence-electron chi connectivity index (χ3n) is 6.71. The Labute approximate surface area is 184 Å². The van der Waals surface area contributed by atoms with Gasteiger partial charge in [0, 0.05) is 0 Å².